The first-order chi connectivity index (χ1) is 13.5. The molecular formula is C25H37NO2. The number of rotatable bonds is 6. The summed E-state index contributed by atoms with van der Waals surface area (Å²) < 4.78 is 5.46. The number of benzene rings is 1. The first kappa shape index (κ1) is 19.8. The lowest BCUT2D eigenvalue weighted by Gasteiger charge is -2.52. The molecule has 3 nitrogen and oxygen atoms in total. The van der Waals surface area contributed by atoms with Gasteiger partial charge in [-0.3, -0.25) is 4.79 Å². The Hall–Kier alpha value is -1.51. The van der Waals surface area contributed by atoms with Crippen molar-refractivity contribution in [3.63, 3.8) is 0 Å². The molecule has 0 spiro atoms. The average molecular weight is 384 g/mol. The molecule has 0 unspecified atom stereocenters. The zero-order valence-corrected chi connectivity index (χ0v) is 18.1. The van der Waals surface area contributed by atoms with Crippen LogP contribution in [0.1, 0.15) is 76.3 Å². The van der Waals surface area contributed by atoms with Gasteiger partial charge in [0.25, 0.3) is 0 Å². The van der Waals surface area contributed by atoms with Crippen molar-refractivity contribution in [2.45, 2.75) is 77.7 Å². The number of hydrogen-bond donors (Lipinski definition) is 0. The summed E-state index contributed by atoms with van der Waals surface area (Å²) in [5.41, 5.74) is 3.38. The maximum atomic E-state index is 11.9. The number of aryl methyl sites for hydroxylation is 1. The predicted molar refractivity (Wildman–Crippen MR) is 114 cm³/mol. The van der Waals surface area contributed by atoms with Crippen LogP contribution in [0, 0.1) is 23.2 Å². The molecule has 3 heteroatoms. The molecule has 2 saturated carbocycles. The van der Waals surface area contributed by atoms with Crippen LogP contribution in [0.5, 0.6) is 5.75 Å². The van der Waals surface area contributed by atoms with Crippen molar-refractivity contribution in [1.82, 2.24) is 4.90 Å². The van der Waals surface area contributed by atoms with Crippen molar-refractivity contribution in [2.75, 3.05) is 13.7 Å². The zero-order valence-electron chi connectivity index (χ0n) is 18.1. The van der Waals surface area contributed by atoms with Crippen LogP contribution in [0.25, 0.3) is 0 Å². The summed E-state index contributed by atoms with van der Waals surface area (Å²) >= 11 is 0. The van der Waals surface area contributed by atoms with E-state index in [1.165, 1.54) is 44.1 Å². The largest absolute Gasteiger partial charge is 0.497 e. The van der Waals surface area contributed by atoms with E-state index < -0.39 is 0 Å². The summed E-state index contributed by atoms with van der Waals surface area (Å²) in [6.07, 6.45) is 9.73. The molecule has 3 aliphatic carbocycles. The molecule has 0 N–H and O–H groups in total. The van der Waals surface area contributed by atoms with E-state index >= 15 is 0 Å². The van der Waals surface area contributed by atoms with E-state index in [0.717, 1.165) is 37.0 Å². The highest BCUT2D eigenvalue weighted by atomic mass is 16.5. The second-order valence-corrected chi connectivity index (χ2v) is 10.1. The maximum Gasteiger partial charge on any atom is 0.209 e. The molecule has 0 bridgehead atoms. The number of nitrogens with zero attached hydrogens (tertiary/aromatic N) is 1. The Morgan fingerprint density at radius 3 is 2.79 bits per heavy atom. The van der Waals surface area contributed by atoms with Crippen molar-refractivity contribution in [2.24, 2.45) is 23.2 Å². The van der Waals surface area contributed by atoms with Crippen LogP contribution in [0.15, 0.2) is 18.2 Å². The van der Waals surface area contributed by atoms with Crippen molar-refractivity contribution in [3.8, 4) is 5.75 Å². The van der Waals surface area contributed by atoms with E-state index in [4.69, 9.17) is 4.74 Å². The average Bonchev–Trinajstić information content (AvgIpc) is 3.05. The highest BCUT2D eigenvalue weighted by Gasteiger charge is 2.56. The van der Waals surface area contributed by atoms with E-state index in [0.29, 0.717) is 23.3 Å². The third kappa shape index (κ3) is 3.25. The Morgan fingerprint density at radius 2 is 2.07 bits per heavy atom. The first-order valence-corrected chi connectivity index (χ1v) is 11.4. The topological polar surface area (TPSA) is 29.5 Å². The quantitative estimate of drug-likeness (QED) is 0.614. The monoisotopic (exact) mass is 383 g/mol. The van der Waals surface area contributed by atoms with Gasteiger partial charge in [0, 0.05) is 12.6 Å². The van der Waals surface area contributed by atoms with Crippen LogP contribution < -0.4 is 4.74 Å². The van der Waals surface area contributed by atoms with Gasteiger partial charge >= 0.3 is 0 Å². The molecule has 0 radical (unpaired) electrons. The molecular weight excluding hydrogens is 346 g/mol. The smallest absolute Gasteiger partial charge is 0.209 e. The fourth-order valence-corrected chi connectivity index (χ4v) is 6.89. The predicted octanol–water partition coefficient (Wildman–Crippen LogP) is 5.42. The standard InChI is InChI=1S/C25H37NO2/c1-17(2)12-14-26(16-27)24-10-9-23-22-7-5-18-15-19(28-4)6-8-20(18)21(22)11-13-25(23,24)3/h6,8,15-17,21-24H,5,7,9-14H2,1-4H3/t21-,22-,23+,24+,25+/m1/s1. The molecule has 0 aliphatic heterocycles. The maximum absolute atomic E-state index is 11.9. The van der Waals surface area contributed by atoms with Gasteiger partial charge in [-0.25, -0.2) is 0 Å². The van der Waals surface area contributed by atoms with Crippen molar-refractivity contribution in [1.29, 1.82) is 0 Å². The number of methoxy groups -OCH3 is 1. The molecule has 154 valence electrons. The molecule has 5 atom stereocenters. The van der Waals surface area contributed by atoms with Crippen molar-refractivity contribution < 1.29 is 9.53 Å². The summed E-state index contributed by atoms with van der Waals surface area (Å²) in [4.78, 5) is 14.1. The Bertz CT molecular complexity index is 714. The lowest BCUT2D eigenvalue weighted by atomic mass is 9.55. The zero-order chi connectivity index (χ0) is 19.9. The fraction of sp³-hybridized carbons (Fsp3) is 0.720. The van der Waals surface area contributed by atoms with E-state index in [-0.39, 0.29) is 0 Å². The molecule has 4 rings (SSSR count). The number of carbonyl (C=O) groups excluding carboxylic acids is 1. The van der Waals surface area contributed by atoms with Gasteiger partial charge in [-0.1, -0.05) is 26.8 Å². The fourth-order valence-electron chi connectivity index (χ4n) is 6.89. The van der Waals surface area contributed by atoms with Crippen molar-refractivity contribution in [3.05, 3.63) is 29.3 Å². The van der Waals surface area contributed by atoms with E-state index in [1.807, 2.05) is 0 Å². The summed E-state index contributed by atoms with van der Waals surface area (Å²) in [6.45, 7) is 7.93. The summed E-state index contributed by atoms with van der Waals surface area (Å²) in [7, 11) is 1.76. The van der Waals surface area contributed by atoms with Crippen LogP contribution in [-0.4, -0.2) is 31.0 Å². The highest BCUT2D eigenvalue weighted by Crippen LogP contribution is 2.61. The van der Waals surface area contributed by atoms with Gasteiger partial charge in [-0.05, 0) is 97.3 Å². The molecule has 28 heavy (non-hydrogen) atoms. The molecule has 0 heterocycles. The molecule has 3 aliphatic rings. The highest BCUT2D eigenvalue weighted by molar-refractivity contribution is 5.48. The Kier molecular flexibility index (Phi) is 5.46. The van der Waals surface area contributed by atoms with E-state index in [9.17, 15) is 4.79 Å². The number of ether oxygens (including phenoxy) is 1. The number of fused-ring (bicyclic) bond motifs is 5. The molecule has 0 saturated heterocycles. The third-order valence-corrected chi connectivity index (χ3v) is 8.38. The van der Waals surface area contributed by atoms with Gasteiger partial charge in [0.05, 0.1) is 7.11 Å². The summed E-state index contributed by atoms with van der Waals surface area (Å²) in [5.74, 6) is 3.88. The summed E-state index contributed by atoms with van der Waals surface area (Å²) in [6, 6.07) is 7.18. The van der Waals surface area contributed by atoms with Crippen LogP contribution >= 0.6 is 0 Å². The van der Waals surface area contributed by atoms with Gasteiger partial charge in [-0.15, -0.1) is 0 Å². The lowest BCUT2D eigenvalue weighted by molar-refractivity contribution is -0.124. The minimum Gasteiger partial charge on any atom is -0.497 e. The van der Waals surface area contributed by atoms with Gasteiger partial charge < -0.3 is 9.64 Å². The van der Waals surface area contributed by atoms with E-state index in [2.05, 4.69) is 43.9 Å². The molecule has 2 fully saturated rings. The Balaban J connectivity index is 1.55. The van der Waals surface area contributed by atoms with Gasteiger partial charge in [0.1, 0.15) is 5.75 Å². The second-order valence-electron chi connectivity index (χ2n) is 10.1. The van der Waals surface area contributed by atoms with E-state index in [1.54, 1.807) is 12.7 Å². The normalized spacial score (nSPS) is 33.8. The molecule has 1 aromatic carbocycles. The van der Waals surface area contributed by atoms with Crippen molar-refractivity contribution >= 4 is 6.41 Å². The summed E-state index contributed by atoms with van der Waals surface area (Å²) in [5, 5.41) is 0. The molecule has 1 amide bonds. The number of hydrogen-bond acceptors (Lipinski definition) is 2. The van der Waals surface area contributed by atoms with Crippen LogP contribution in [-0.2, 0) is 11.2 Å². The van der Waals surface area contributed by atoms with Crippen LogP contribution in [0.3, 0.4) is 0 Å². The Morgan fingerprint density at radius 1 is 1.25 bits per heavy atom. The minimum atomic E-state index is 0.295. The number of carbonyl (C=O) groups is 1. The van der Waals surface area contributed by atoms with Crippen LogP contribution in [0.4, 0.5) is 0 Å². The van der Waals surface area contributed by atoms with Gasteiger partial charge in [0.15, 0.2) is 0 Å². The second kappa shape index (κ2) is 7.72. The molecule has 1 aromatic rings. The third-order valence-electron chi connectivity index (χ3n) is 8.38. The van der Waals surface area contributed by atoms with Gasteiger partial charge in [-0.2, -0.15) is 0 Å². The SMILES string of the molecule is COc1ccc2c(c1)CC[C@@H]1[C@@H]2CC[C@]2(C)[C@@H](N(C=O)CCC(C)C)CC[C@@H]12. The first-order valence-electron chi connectivity index (χ1n) is 11.4. The minimum absolute atomic E-state index is 0.295. The van der Waals surface area contributed by atoms with Crippen LogP contribution in [0.2, 0.25) is 0 Å². The molecule has 0 aromatic heterocycles. The lowest BCUT2D eigenvalue weighted by Crippen LogP contribution is -2.50. The Labute approximate surface area is 170 Å². The number of amides is 1. The van der Waals surface area contributed by atoms with Gasteiger partial charge in [0.2, 0.25) is 6.41 Å².